The van der Waals surface area contributed by atoms with E-state index < -0.39 is 12.0 Å². The molecule has 2 amide bonds. The number of nitrogens with one attached hydrogen (secondary N) is 1. The van der Waals surface area contributed by atoms with Gasteiger partial charge in [0.05, 0.1) is 6.04 Å². The summed E-state index contributed by atoms with van der Waals surface area (Å²) < 4.78 is 0. The molecular weight excluding hydrogens is 475 g/mol. The number of fused-ring (bicyclic) bond motifs is 1. The highest BCUT2D eigenvalue weighted by Gasteiger charge is 2.35. The molecule has 3 aromatic carbocycles. The SMILES string of the molecule is O=C(O)CN1C(=O)c2ccccc2CC1c1ccc(Cl)cc1Cl.O=CNCCc1ccccc1. The molecule has 1 aliphatic heterocycles. The van der Waals surface area contributed by atoms with Crippen LogP contribution in [0.5, 0.6) is 0 Å². The van der Waals surface area contributed by atoms with Gasteiger partial charge in [-0.05, 0) is 47.7 Å². The molecule has 0 spiro atoms. The van der Waals surface area contributed by atoms with Gasteiger partial charge in [0.1, 0.15) is 6.54 Å². The van der Waals surface area contributed by atoms with Gasteiger partial charge in [-0.3, -0.25) is 14.4 Å². The molecule has 0 saturated heterocycles. The van der Waals surface area contributed by atoms with Crippen molar-refractivity contribution in [3.63, 3.8) is 0 Å². The molecule has 0 bridgehead atoms. The monoisotopic (exact) mass is 498 g/mol. The summed E-state index contributed by atoms with van der Waals surface area (Å²) in [4.78, 5) is 35.1. The second-order valence-corrected chi connectivity index (χ2v) is 8.52. The largest absolute Gasteiger partial charge is 0.480 e. The summed E-state index contributed by atoms with van der Waals surface area (Å²) in [6, 6.07) is 21.9. The van der Waals surface area contributed by atoms with Gasteiger partial charge < -0.3 is 15.3 Å². The number of halogens is 2. The number of benzene rings is 3. The summed E-state index contributed by atoms with van der Waals surface area (Å²) in [5.41, 5.74) is 3.37. The van der Waals surface area contributed by atoms with Crippen molar-refractivity contribution in [2.24, 2.45) is 0 Å². The summed E-state index contributed by atoms with van der Waals surface area (Å²) in [6.45, 7) is 0.338. The molecule has 34 heavy (non-hydrogen) atoms. The molecule has 0 aromatic heterocycles. The van der Waals surface area contributed by atoms with Crippen LogP contribution in [0.3, 0.4) is 0 Å². The predicted octanol–water partition coefficient (Wildman–Crippen LogP) is 4.79. The molecule has 6 nitrogen and oxygen atoms in total. The molecule has 1 aliphatic rings. The Balaban J connectivity index is 0.000000248. The Morgan fingerprint density at radius 1 is 1.06 bits per heavy atom. The van der Waals surface area contributed by atoms with Crippen LogP contribution in [-0.2, 0) is 22.4 Å². The van der Waals surface area contributed by atoms with E-state index in [2.05, 4.69) is 5.32 Å². The number of hydrogen-bond donors (Lipinski definition) is 2. The Labute approximate surface area is 208 Å². The lowest BCUT2D eigenvalue weighted by Crippen LogP contribution is -2.43. The standard InChI is InChI=1S/C17H13Cl2NO3.C9H11NO/c18-11-5-6-13(14(19)8-11)15-7-10-3-1-2-4-12(10)17(23)20(15)9-16(21)22;11-8-10-7-6-9-4-2-1-3-5-9/h1-6,8,15H,7,9H2,(H,21,22);1-5,8H,6-7H2,(H,10,11). The minimum atomic E-state index is -1.06. The van der Waals surface area contributed by atoms with E-state index in [1.165, 1.54) is 10.5 Å². The molecule has 176 valence electrons. The third-order valence-corrected chi connectivity index (χ3v) is 5.97. The van der Waals surface area contributed by atoms with Gasteiger partial charge in [-0.15, -0.1) is 0 Å². The molecule has 1 unspecified atom stereocenters. The molecule has 4 rings (SSSR count). The van der Waals surface area contributed by atoms with Crippen LogP contribution in [0.25, 0.3) is 0 Å². The van der Waals surface area contributed by atoms with Gasteiger partial charge >= 0.3 is 5.97 Å². The van der Waals surface area contributed by atoms with Crippen LogP contribution in [0, 0.1) is 0 Å². The zero-order chi connectivity index (χ0) is 24.5. The van der Waals surface area contributed by atoms with Crippen molar-refractivity contribution in [2.45, 2.75) is 18.9 Å². The molecule has 0 radical (unpaired) electrons. The summed E-state index contributed by atoms with van der Waals surface area (Å²) in [5, 5.41) is 12.7. The minimum absolute atomic E-state index is 0.301. The molecule has 1 heterocycles. The number of aliphatic carboxylic acids is 1. The van der Waals surface area contributed by atoms with Crippen LogP contribution in [0.1, 0.15) is 33.1 Å². The topological polar surface area (TPSA) is 86.7 Å². The molecule has 0 fully saturated rings. The van der Waals surface area contributed by atoms with Crippen LogP contribution in [-0.4, -0.2) is 41.4 Å². The van der Waals surface area contributed by atoms with E-state index >= 15 is 0 Å². The van der Waals surface area contributed by atoms with Gasteiger partial charge in [0.15, 0.2) is 0 Å². The lowest BCUT2D eigenvalue weighted by Gasteiger charge is -2.36. The van der Waals surface area contributed by atoms with E-state index in [9.17, 15) is 14.4 Å². The molecule has 0 aliphatic carbocycles. The zero-order valence-corrected chi connectivity index (χ0v) is 19.8. The Kier molecular flexibility index (Phi) is 9.08. The first-order chi connectivity index (χ1) is 16.4. The normalized spacial score (nSPS) is 14.5. The lowest BCUT2D eigenvalue weighted by molar-refractivity contribution is -0.138. The fourth-order valence-corrected chi connectivity index (χ4v) is 4.35. The Morgan fingerprint density at radius 3 is 2.44 bits per heavy atom. The van der Waals surface area contributed by atoms with Crippen molar-refractivity contribution in [2.75, 3.05) is 13.1 Å². The maximum Gasteiger partial charge on any atom is 0.323 e. The maximum atomic E-state index is 12.7. The van der Waals surface area contributed by atoms with E-state index in [1.54, 1.807) is 30.3 Å². The van der Waals surface area contributed by atoms with Crippen molar-refractivity contribution < 1.29 is 19.5 Å². The average molecular weight is 499 g/mol. The number of amides is 2. The average Bonchev–Trinajstić information content (AvgIpc) is 2.82. The van der Waals surface area contributed by atoms with Crippen molar-refractivity contribution in [3.05, 3.63) is 105 Å². The highest BCUT2D eigenvalue weighted by molar-refractivity contribution is 6.35. The van der Waals surface area contributed by atoms with Gasteiger partial charge in [-0.1, -0.05) is 77.8 Å². The van der Waals surface area contributed by atoms with E-state index in [0.717, 1.165) is 18.4 Å². The fourth-order valence-electron chi connectivity index (χ4n) is 3.82. The fraction of sp³-hybridized carbons (Fsp3) is 0.192. The minimum Gasteiger partial charge on any atom is -0.480 e. The summed E-state index contributed by atoms with van der Waals surface area (Å²) in [5.74, 6) is -1.36. The molecule has 3 aromatic rings. The number of carbonyl (C=O) groups excluding carboxylic acids is 2. The Morgan fingerprint density at radius 2 is 1.76 bits per heavy atom. The van der Waals surface area contributed by atoms with Crippen molar-refractivity contribution >= 4 is 41.5 Å². The number of carboxylic acids is 1. The van der Waals surface area contributed by atoms with Crippen molar-refractivity contribution in [3.8, 4) is 0 Å². The van der Waals surface area contributed by atoms with Crippen molar-refractivity contribution in [1.82, 2.24) is 10.2 Å². The second-order valence-electron chi connectivity index (χ2n) is 7.68. The van der Waals surface area contributed by atoms with Crippen LogP contribution in [0.15, 0.2) is 72.8 Å². The van der Waals surface area contributed by atoms with Crippen LogP contribution >= 0.6 is 23.2 Å². The van der Waals surface area contributed by atoms with Crippen LogP contribution in [0.2, 0.25) is 10.0 Å². The van der Waals surface area contributed by atoms with E-state index in [1.807, 2.05) is 42.5 Å². The Hall–Kier alpha value is -3.35. The third-order valence-electron chi connectivity index (χ3n) is 5.41. The molecule has 8 heteroatoms. The third kappa shape index (κ3) is 6.59. The zero-order valence-electron chi connectivity index (χ0n) is 18.3. The second kappa shape index (κ2) is 12.2. The summed E-state index contributed by atoms with van der Waals surface area (Å²) >= 11 is 12.2. The van der Waals surface area contributed by atoms with Crippen LogP contribution < -0.4 is 5.32 Å². The lowest BCUT2D eigenvalue weighted by atomic mass is 9.89. The first-order valence-electron chi connectivity index (χ1n) is 10.7. The number of rotatable bonds is 7. The van der Waals surface area contributed by atoms with Gasteiger partial charge in [-0.2, -0.15) is 0 Å². The molecule has 1 atom stereocenters. The first kappa shape index (κ1) is 25.3. The molecule has 0 saturated carbocycles. The Bertz CT molecular complexity index is 1150. The van der Waals surface area contributed by atoms with E-state index in [0.29, 0.717) is 34.1 Å². The number of nitrogens with zero attached hydrogens (tertiary/aromatic N) is 1. The summed E-state index contributed by atoms with van der Waals surface area (Å²) in [6.07, 6.45) is 2.14. The predicted molar refractivity (Wildman–Crippen MR) is 132 cm³/mol. The molecule has 2 N–H and O–H groups in total. The first-order valence-corrected chi connectivity index (χ1v) is 11.4. The van der Waals surface area contributed by atoms with E-state index in [4.69, 9.17) is 28.3 Å². The van der Waals surface area contributed by atoms with Gasteiger partial charge in [0, 0.05) is 22.2 Å². The number of hydrogen-bond acceptors (Lipinski definition) is 3. The number of carbonyl (C=O) groups is 3. The summed E-state index contributed by atoms with van der Waals surface area (Å²) in [7, 11) is 0. The van der Waals surface area contributed by atoms with Crippen LogP contribution in [0.4, 0.5) is 0 Å². The highest BCUT2D eigenvalue weighted by Crippen LogP contribution is 2.37. The van der Waals surface area contributed by atoms with Crippen molar-refractivity contribution in [1.29, 1.82) is 0 Å². The highest BCUT2D eigenvalue weighted by atomic mass is 35.5. The van der Waals surface area contributed by atoms with Gasteiger partial charge in [0.2, 0.25) is 6.41 Å². The van der Waals surface area contributed by atoms with Gasteiger partial charge in [-0.25, -0.2) is 0 Å². The quantitative estimate of drug-likeness (QED) is 0.362. The van der Waals surface area contributed by atoms with E-state index in [-0.39, 0.29) is 12.5 Å². The smallest absolute Gasteiger partial charge is 0.323 e. The molecular formula is C26H24Cl2N2O4. The maximum absolute atomic E-state index is 12.7. The number of carboxylic acid groups (broad SMARTS) is 1. The van der Waals surface area contributed by atoms with Gasteiger partial charge in [0.25, 0.3) is 5.91 Å².